The molecule has 8 heteroatoms. The van der Waals surface area contributed by atoms with Crippen molar-refractivity contribution < 1.29 is 13.2 Å². The van der Waals surface area contributed by atoms with Gasteiger partial charge < -0.3 is 10.2 Å². The molecule has 1 unspecified atom stereocenters. The molecule has 1 N–H and O–H groups in total. The van der Waals surface area contributed by atoms with E-state index < -0.39 is 9.84 Å². The second-order valence-corrected chi connectivity index (χ2v) is 8.20. The van der Waals surface area contributed by atoms with Gasteiger partial charge in [-0.3, -0.25) is 4.79 Å². The highest BCUT2D eigenvalue weighted by molar-refractivity contribution is 9.10. The van der Waals surface area contributed by atoms with Crippen molar-refractivity contribution in [2.75, 3.05) is 30.4 Å². The molecule has 0 saturated carbocycles. The SMILES string of the molecule is CCNc1ncc(Br)cc1C(=O)N(C)C1CCS(=O)(=O)C1. The fourth-order valence-electron chi connectivity index (χ4n) is 2.35. The summed E-state index contributed by atoms with van der Waals surface area (Å²) in [5.74, 6) is 0.472. The van der Waals surface area contributed by atoms with Crippen molar-refractivity contribution in [1.82, 2.24) is 9.88 Å². The molecule has 0 radical (unpaired) electrons. The number of nitrogens with one attached hydrogen (secondary N) is 1. The van der Waals surface area contributed by atoms with E-state index in [2.05, 4.69) is 26.2 Å². The van der Waals surface area contributed by atoms with Crippen molar-refractivity contribution in [2.24, 2.45) is 0 Å². The van der Waals surface area contributed by atoms with Gasteiger partial charge in [-0.1, -0.05) is 0 Å². The van der Waals surface area contributed by atoms with Crippen LogP contribution in [0.4, 0.5) is 5.82 Å². The smallest absolute Gasteiger partial charge is 0.257 e. The molecule has 6 nitrogen and oxygen atoms in total. The van der Waals surface area contributed by atoms with Crippen LogP contribution in [-0.4, -0.2) is 55.3 Å². The Morgan fingerprint density at radius 1 is 1.57 bits per heavy atom. The zero-order valence-corrected chi connectivity index (χ0v) is 14.4. The largest absolute Gasteiger partial charge is 0.370 e. The summed E-state index contributed by atoms with van der Waals surface area (Å²) in [4.78, 5) is 18.3. The molecule has 2 heterocycles. The van der Waals surface area contributed by atoms with Crippen LogP contribution < -0.4 is 5.32 Å². The van der Waals surface area contributed by atoms with E-state index in [1.54, 1.807) is 19.3 Å². The third kappa shape index (κ3) is 3.74. The van der Waals surface area contributed by atoms with E-state index in [1.165, 1.54) is 4.90 Å². The lowest BCUT2D eigenvalue weighted by atomic mass is 10.1. The van der Waals surface area contributed by atoms with Crippen molar-refractivity contribution in [2.45, 2.75) is 19.4 Å². The third-order valence-electron chi connectivity index (χ3n) is 3.51. The van der Waals surface area contributed by atoms with Gasteiger partial charge >= 0.3 is 0 Å². The summed E-state index contributed by atoms with van der Waals surface area (Å²) >= 11 is 3.31. The van der Waals surface area contributed by atoms with Crippen LogP contribution in [0.1, 0.15) is 23.7 Å². The number of aromatic nitrogens is 1. The van der Waals surface area contributed by atoms with E-state index in [-0.39, 0.29) is 23.5 Å². The minimum Gasteiger partial charge on any atom is -0.370 e. The second-order valence-electron chi connectivity index (χ2n) is 5.05. The first-order valence-corrected chi connectivity index (χ1v) is 9.32. The Balaban J connectivity index is 2.25. The van der Waals surface area contributed by atoms with Gasteiger partial charge in [0.05, 0.1) is 17.1 Å². The minimum atomic E-state index is -3.02. The molecule has 0 aliphatic carbocycles. The van der Waals surface area contributed by atoms with Crippen LogP contribution in [0.2, 0.25) is 0 Å². The number of pyridine rings is 1. The summed E-state index contributed by atoms with van der Waals surface area (Å²) in [6, 6.07) is 1.43. The topological polar surface area (TPSA) is 79.4 Å². The van der Waals surface area contributed by atoms with Crippen molar-refractivity contribution in [1.29, 1.82) is 0 Å². The molecule has 116 valence electrons. The number of carbonyl (C=O) groups is 1. The van der Waals surface area contributed by atoms with Crippen molar-refractivity contribution >= 4 is 37.5 Å². The molecule has 1 amide bonds. The van der Waals surface area contributed by atoms with Crippen LogP contribution in [0.25, 0.3) is 0 Å². The number of nitrogens with zero attached hydrogens (tertiary/aromatic N) is 2. The highest BCUT2D eigenvalue weighted by Gasteiger charge is 2.33. The second kappa shape index (κ2) is 6.31. The number of amides is 1. The normalized spacial score (nSPS) is 20.2. The molecule has 0 aromatic carbocycles. The molecule has 2 rings (SSSR count). The van der Waals surface area contributed by atoms with E-state index in [0.29, 0.717) is 28.8 Å². The summed E-state index contributed by atoms with van der Waals surface area (Å²) < 4.78 is 23.8. The molecule has 1 atom stereocenters. The van der Waals surface area contributed by atoms with Crippen molar-refractivity contribution in [3.05, 3.63) is 22.3 Å². The van der Waals surface area contributed by atoms with Crippen LogP contribution >= 0.6 is 15.9 Å². The maximum Gasteiger partial charge on any atom is 0.257 e. The van der Waals surface area contributed by atoms with Crippen LogP contribution in [0, 0.1) is 0 Å². The van der Waals surface area contributed by atoms with Crippen LogP contribution in [0.15, 0.2) is 16.7 Å². The van der Waals surface area contributed by atoms with E-state index in [1.807, 2.05) is 6.92 Å². The molecule has 1 aromatic rings. The number of carbonyl (C=O) groups excluding carboxylic acids is 1. The summed E-state index contributed by atoms with van der Waals surface area (Å²) in [6.45, 7) is 2.57. The number of hydrogen-bond donors (Lipinski definition) is 1. The van der Waals surface area contributed by atoms with Gasteiger partial charge in [-0.05, 0) is 35.3 Å². The van der Waals surface area contributed by atoms with Gasteiger partial charge in [-0.25, -0.2) is 13.4 Å². The summed E-state index contributed by atoms with van der Waals surface area (Å²) in [6.07, 6.45) is 2.11. The number of anilines is 1. The average Bonchev–Trinajstić information content (AvgIpc) is 2.79. The Kier molecular flexibility index (Phi) is 4.88. The van der Waals surface area contributed by atoms with Gasteiger partial charge in [-0.2, -0.15) is 0 Å². The monoisotopic (exact) mass is 375 g/mol. The number of rotatable bonds is 4. The zero-order chi connectivity index (χ0) is 15.6. The van der Waals surface area contributed by atoms with Crippen LogP contribution in [0.5, 0.6) is 0 Å². The van der Waals surface area contributed by atoms with Crippen LogP contribution in [-0.2, 0) is 9.84 Å². The first-order chi connectivity index (χ1) is 9.84. The molecule has 1 fully saturated rings. The first kappa shape index (κ1) is 16.2. The Labute approximate surface area is 133 Å². The third-order valence-corrected chi connectivity index (χ3v) is 5.69. The predicted molar refractivity (Wildman–Crippen MR) is 85.3 cm³/mol. The fourth-order valence-corrected chi connectivity index (χ4v) is 4.45. The Morgan fingerprint density at radius 3 is 2.86 bits per heavy atom. The Hall–Kier alpha value is -1.15. The Morgan fingerprint density at radius 2 is 2.29 bits per heavy atom. The maximum absolute atomic E-state index is 12.6. The highest BCUT2D eigenvalue weighted by Crippen LogP contribution is 2.23. The highest BCUT2D eigenvalue weighted by atomic mass is 79.9. The molecule has 1 aliphatic rings. The minimum absolute atomic E-state index is 0.0349. The van der Waals surface area contributed by atoms with E-state index in [9.17, 15) is 13.2 Å². The number of halogens is 1. The summed E-state index contributed by atoms with van der Waals surface area (Å²) in [5.41, 5.74) is 0.443. The molecule has 0 bridgehead atoms. The van der Waals surface area contributed by atoms with Gasteiger partial charge in [0.15, 0.2) is 9.84 Å². The van der Waals surface area contributed by atoms with E-state index in [4.69, 9.17) is 0 Å². The lowest BCUT2D eigenvalue weighted by Gasteiger charge is -2.24. The molecule has 1 aliphatic heterocycles. The standard InChI is InChI=1S/C13H18BrN3O3S/c1-3-15-12-11(6-9(14)7-16-12)13(18)17(2)10-4-5-21(19,20)8-10/h6-7,10H,3-5,8H2,1-2H3,(H,15,16). The number of sulfone groups is 1. The first-order valence-electron chi connectivity index (χ1n) is 6.71. The van der Waals surface area contributed by atoms with Gasteiger partial charge in [0.25, 0.3) is 5.91 Å². The number of hydrogen-bond acceptors (Lipinski definition) is 5. The molecule has 0 spiro atoms. The molecule has 1 aromatic heterocycles. The van der Waals surface area contributed by atoms with Gasteiger partial charge in [-0.15, -0.1) is 0 Å². The summed E-state index contributed by atoms with van der Waals surface area (Å²) in [5, 5.41) is 3.05. The van der Waals surface area contributed by atoms with Crippen LogP contribution in [0.3, 0.4) is 0 Å². The van der Waals surface area contributed by atoms with Gasteiger partial charge in [0.1, 0.15) is 5.82 Å². The fraction of sp³-hybridized carbons (Fsp3) is 0.538. The average molecular weight is 376 g/mol. The lowest BCUT2D eigenvalue weighted by molar-refractivity contribution is 0.0748. The Bertz CT molecular complexity index is 648. The summed E-state index contributed by atoms with van der Waals surface area (Å²) in [7, 11) is -1.38. The molecular formula is C13H18BrN3O3S. The molecule has 21 heavy (non-hydrogen) atoms. The van der Waals surface area contributed by atoms with Gasteiger partial charge in [0, 0.05) is 30.3 Å². The predicted octanol–water partition coefficient (Wildman–Crippen LogP) is 1.53. The zero-order valence-electron chi connectivity index (χ0n) is 12.0. The van der Waals surface area contributed by atoms with Crippen molar-refractivity contribution in [3.63, 3.8) is 0 Å². The van der Waals surface area contributed by atoms with E-state index >= 15 is 0 Å². The van der Waals surface area contributed by atoms with Crippen molar-refractivity contribution in [3.8, 4) is 0 Å². The maximum atomic E-state index is 12.6. The molecular weight excluding hydrogens is 358 g/mol. The molecule has 1 saturated heterocycles. The van der Waals surface area contributed by atoms with E-state index in [0.717, 1.165) is 0 Å². The van der Waals surface area contributed by atoms with Gasteiger partial charge in [0.2, 0.25) is 0 Å². The quantitative estimate of drug-likeness (QED) is 0.862. The lowest BCUT2D eigenvalue weighted by Crippen LogP contribution is -2.38.